The van der Waals surface area contributed by atoms with Crippen LogP contribution in [0.3, 0.4) is 0 Å². The van der Waals surface area contributed by atoms with Gasteiger partial charge in [0.05, 0.1) is 29.0 Å². The zero-order valence-electron chi connectivity index (χ0n) is 20.2. The van der Waals surface area contributed by atoms with Gasteiger partial charge in [0.25, 0.3) is 0 Å². The van der Waals surface area contributed by atoms with E-state index < -0.39 is 6.10 Å². The van der Waals surface area contributed by atoms with E-state index in [-0.39, 0.29) is 12.6 Å². The molecule has 182 valence electrons. The number of aliphatic hydroxyl groups excluding tert-OH is 1. The summed E-state index contributed by atoms with van der Waals surface area (Å²) in [7, 11) is 0. The third-order valence-corrected chi connectivity index (χ3v) is 6.92. The van der Waals surface area contributed by atoms with Crippen molar-refractivity contribution < 1.29 is 14.6 Å². The Morgan fingerprint density at radius 1 is 1.31 bits per heavy atom. The van der Waals surface area contributed by atoms with Crippen LogP contribution in [0.4, 0.5) is 11.8 Å². The largest absolute Gasteiger partial charge is 0.457 e. The fourth-order valence-corrected chi connectivity index (χ4v) is 4.86. The molecule has 2 aliphatic rings. The number of aliphatic hydroxyl groups is 1. The lowest BCUT2D eigenvalue weighted by atomic mass is 9.95. The van der Waals surface area contributed by atoms with Gasteiger partial charge in [-0.25, -0.2) is 19.7 Å². The van der Waals surface area contributed by atoms with Gasteiger partial charge < -0.3 is 9.84 Å². The summed E-state index contributed by atoms with van der Waals surface area (Å²) < 4.78 is 5.14. The number of esters is 1. The maximum Gasteiger partial charge on any atom is 0.338 e. The quantitative estimate of drug-likeness (QED) is 0.528. The lowest BCUT2D eigenvalue weighted by Crippen LogP contribution is -2.35. The summed E-state index contributed by atoms with van der Waals surface area (Å²) in [6, 6.07) is 7.41. The number of aromatic nitrogens is 3. The van der Waals surface area contributed by atoms with Gasteiger partial charge in [0, 0.05) is 61.3 Å². The molecule has 9 heteroatoms. The molecule has 5 rings (SSSR count). The number of hydrogen-bond acceptors (Lipinski definition) is 9. The number of nitrogens with zero attached hydrogens (tertiary/aromatic N) is 6. The number of pyridine rings is 1. The number of cyclic esters (lactones) is 1. The number of nitriles is 1. The van der Waals surface area contributed by atoms with Crippen LogP contribution in [-0.4, -0.2) is 44.0 Å². The molecule has 0 spiro atoms. The van der Waals surface area contributed by atoms with E-state index in [0.717, 1.165) is 40.1 Å². The Kier molecular flexibility index (Phi) is 6.22. The molecule has 3 aromatic rings. The second-order valence-electron chi connectivity index (χ2n) is 9.00. The van der Waals surface area contributed by atoms with Crippen LogP contribution in [0.2, 0.25) is 0 Å². The minimum Gasteiger partial charge on any atom is -0.457 e. The Bertz CT molecular complexity index is 1410. The Hall–Kier alpha value is -4.13. The SMILES string of the molecule is C=CN(c1ncc2c(n1)CCN(CC(O)c1ccc3c(c1C)COC3=O)C2)c1nccc(C#N)c1C. The van der Waals surface area contributed by atoms with Crippen LogP contribution in [0.25, 0.3) is 0 Å². The number of anilines is 2. The van der Waals surface area contributed by atoms with E-state index in [1.54, 1.807) is 35.6 Å². The fraction of sp³-hybridized carbons (Fsp3) is 0.296. The molecule has 0 saturated heterocycles. The molecule has 0 saturated carbocycles. The molecule has 1 aromatic carbocycles. The highest BCUT2D eigenvalue weighted by molar-refractivity contribution is 5.94. The van der Waals surface area contributed by atoms with Crippen molar-refractivity contribution in [2.75, 3.05) is 18.0 Å². The van der Waals surface area contributed by atoms with Gasteiger partial charge in [-0.15, -0.1) is 0 Å². The van der Waals surface area contributed by atoms with E-state index >= 15 is 0 Å². The number of fused-ring (bicyclic) bond motifs is 2. The van der Waals surface area contributed by atoms with Crippen LogP contribution in [0.5, 0.6) is 0 Å². The van der Waals surface area contributed by atoms with Crippen molar-refractivity contribution in [2.24, 2.45) is 0 Å². The first kappa shape index (κ1) is 23.6. The highest BCUT2D eigenvalue weighted by atomic mass is 16.5. The average Bonchev–Trinajstić information content (AvgIpc) is 3.27. The van der Waals surface area contributed by atoms with Crippen LogP contribution < -0.4 is 4.90 Å². The third-order valence-electron chi connectivity index (χ3n) is 6.92. The molecule has 2 aromatic heterocycles. The molecule has 4 heterocycles. The van der Waals surface area contributed by atoms with Crippen molar-refractivity contribution in [3.05, 3.63) is 88.0 Å². The molecular formula is C27H26N6O3. The maximum atomic E-state index is 11.8. The lowest BCUT2D eigenvalue weighted by Gasteiger charge is -2.31. The molecule has 0 radical (unpaired) electrons. The van der Waals surface area contributed by atoms with Gasteiger partial charge in [0.2, 0.25) is 5.95 Å². The minimum absolute atomic E-state index is 0.259. The van der Waals surface area contributed by atoms with Gasteiger partial charge in [-0.2, -0.15) is 5.26 Å². The van der Waals surface area contributed by atoms with Crippen molar-refractivity contribution in [3.8, 4) is 6.07 Å². The van der Waals surface area contributed by atoms with Gasteiger partial charge in [-0.3, -0.25) is 9.80 Å². The smallest absolute Gasteiger partial charge is 0.338 e. The summed E-state index contributed by atoms with van der Waals surface area (Å²) in [6.07, 6.45) is 5.01. The molecule has 1 atom stereocenters. The Balaban J connectivity index is 1.32. The van der Waals surface area contributed by atoms with Gasteiger partial charge in [-0.05, 0) is 37.1 Å². The predicted octanol–water partition coefficient (Wildman–Crippen LogP) is 3.40. The number of hydrogen-bond donors (Lipinski definition) is 1. The van der Waals surface area contributed by atoms with Crippen LogP contribution in [0.1, 0.15) is 55.5 Å². The summed E-state index contributed by atoms with van der Waals surface area (Å²) >= 11 is 0. The zero-order chi connectivity index (χ0) is 25.4. The molecule has 0 fully saturated rings. The second kappa shape index (κ2) is 9.49. The van der Waals surface area contributed by atoms with E-state index in [0.29, 0.717) is 42.4 Å². The summed E-state index contributed by atoms with van der Waals surface area (Å²) in [5, 5.41) is 20.4. The summed E-state index contributed by atoms with van der Waals surface area (Å²) in [4.78, 5) is 29.4. The topological polar surface area (TPSA) is 115 Å². The lowest BCUT2D eigenvalue weighted by molar-refractivity contribution is 0.0535. The van der Waals surface area contributed by atoms with Gasteiger partial charge in [0.15, 0.2) is 0 Å². The summed E-state index contributed by atoms with van der Waals surface area (Å²) in [5.74, 6) is 0.717. The van der Waals surface area contributed by atoms with Crippen LogP contribution >= 0.6 is 0 Å². The molecule has 0 amide bonds. The van der Waals surface area contributed by atoms with E-state index in [4.69, 9.17) is 9.72 Å². The van der Waals surface area contributed by atoms with E-state index in [1.165, 1.54) is 0 Å². The molecule has 0 aliphatic carbocycles. The first-order chi connectivity index (χ1) is 17.4. The van der Waals surface area contributed by atoms with Crippen molar-refractivity contribution in [1.29, 1.82) is 5.26 Å². The van der Waals surface area contributed by atoms with E-state index in [1.807, 2.05) is 19.9 Å². The molecule has 0 bridgehead atoms. The number of ether oxygens (including phenoxy) is 1. The van der Waals surface area contributed by atoms with E-state index in [2.05, 4.69) is 27.5 Å². The molecule has 1 unspecified atom stereocenters. The van der Waals surface area contributed by atoms with Crippen molar-refractivity contribution in [3.63, 3.8) is 0 Å². The normalized spacial score (nSPS) is 15.4. The number of benzene rings is 1. The zero-order valence-corrected chi connectivity index (χ0v) is 20.2. The standard InChI is InChI=1S/C27H26N6O3/c1-4-33(25-16(2)18(11-28)7-9-29-25)27-30-12-19-13-32(10-8-23(19)31-27)14-24(34)20-5-6-21-22(17(20)3)15-36-26(21)35/h4-7,9,12,24,34H,1,8,10,13-15H2,2-3H3. The van der Waals surface area contributed by atoms with Crippen molar-refractivity contribution in [2.45, 2.75) is 39.5 Å². The molecular weight excluding hydrogens is 456 g/mol. The van der Waals surface area contributed by atoms with Crippen molar-refractivity contribution >= 4 is 17.7 Å². The maximum absolute atomic E-state index is 11.8. The first-order valence-corrected chi connectivity index (χ1v) is 11.7. The monoisotopic (exact) mass is 482 g/mol. The van der Waals surface area contributed by atoms with Crippen LogP contribution in [-0.2, 0) is 24.3 Å². The number of carbonyl (C=O) groups is 1. The Morgan fingerprint density at radius 3 is 2.92 bits per heavy atom. The predicted molar refractivity (Wildman–Crippen MR) is 132 cm³/mol. The fourth-order valence-electron chi connectivity index (χ4n) is 4.86. The highest BCUT2D eigenvalue weighted by Crippen LogP contribution is 2.31. The third kappa shape index (κ3) is 4.11. The van der Waals surface area contributed by atoms with Gasteiger partial charge in [-0.1, -0.05) is 12.6 Å². The first-order valence-electron chi connectivity index (χ1n) is 11.7. The summed E-state index contributed by atoms with van der Waals surface area (Å²) in [5.41, 5.74) is 6.38. The van der Waals surface area contributed by atoms with Crippen molar-refractivity contribution in [1.82, 2.24) is 19.9 Å². The van der Waals surface area contributed by atoms with E-state index in [9.17, 15) is 15.2 Å². The molecule has 36 heavy (non-hydrogen) atoms. The second-order valence-corrected chi connectivity index (χ2v) is 9.00. The highest BCUT2D eigenvalue weighted by Gasteiger charge is 2.27. The average molecular weight is 483 g/mol. The molecule has 2 aliphatic heterocycles. The molecule has 1 N–H and O–H groups in total. The van der Waals surface area contributed by atoms with Crippen LogP contribution in [0, 0.1) is 25.2 Å². The minimum atomic E-state index is -0.689. The van der Waals surface area contributed by atoms with Crippen LogP contribution in [0.15, 0.2) is 43.4 Å². The Labute approximate surface area is 209 Å². The molecule has 9 nitrogen and oxygen atoms in total. The Morgan fingerprint density at radius 2 is 2.14 bits per heavy atom. The van der Waals surface area contributed by atoms with Gasteiger partial charge >= 0.3 is 5.97 Å². The summed E-state index contributed by atoms with van der Waals surface area (Å²) in [6.45, 7) is 9.73. The van der Waals surface area contributed by atoms with Gasteiger partial charge in [0.1, 0.15) is 12.4 Å². The number of β-amino-alcohol motifs (C(OH)–C–C–N with tert-alkyl or cyclic N) is 1. The number of rotatable bonds is 6. The number of carbonyl (C=O) groups excluding carboxylic acids is 1.